The molecular formula is C14H13BrN2S. The lowest BCUT2D eigenvalue weighted by molar-refractivity contribution is 0.919. The lowest BCUT2D eigenvalue weighted by atomic mass is 10.1. The zero-order valence-corrected chi connectivity index (χ0v) is 12.1. The van der Waals surface area contributed by atoms with Gasteiger partial charge in [0.05, 0.1) is 0 Å². The van der Waals surface area contributed by atoms with Crippen LogP contribution in [0.5, 0.6) is 0 Å². The Balaban J connectivity index is 1.91. The van der Waals surface area contributed by atoms with Gasteiger partial charge in [0.15, 0.2) is 5.11 Å². The third-order valence-electron chi connectivity index (χ3n) is 3.03. The van der Waals surface area contributed by atoms with Crippen LogP contribution in [-0.4, -0.2) is 11.2 Å². The van der Waals surface area contributed by atoms with Gasteiger partial charge in [0.2, 0.25) is 0 Å². The topological polar surface area (TPSA) is 24.1 Å². The zero-order chi connectivity index (χ0) is 12.5. The molecule has 0 unspecified atom stereocenters. The first-order valence-corrected chi connectivity index (χ1v) is 7.19. The molecule has 1 fully saturated rings. The SMILES string of the molecule is S=C(Nc1ccc(Br)c2ccccc12)NC1CC1. The van der Waals surface area contributed by atoms with Gasteiger partial charge in [-0.25, -0.2) is 0 Å². The number of halogens is 1. The van der Waals surface area contributed by atoms with Crippen molar-refractivity contribution in [1.82, 2.24) is 5.32 Å². The van der Waals surface area contributed by atoms with Crippen molar-refractivity contribution in [2.45, 2.75) is 18.9 Å². The summed E-state index contributed by atoms with van der Waals surface area (Å²) in [6.07, 6.45) is 2.45. The molecule has 0 spiro atoms. The lowest BCUT2D eigenvalue weighted by Gasteiger charge is -2.12. The van der Waals surface area contributed by atoms with Crippen LogP contribution in [0.15, 0.2) is 40.9 Å². The van der Waals surface area contributed by atoms with Crippen molar-refractivity contribution < 1.29 is 0 Å². The van der Waals surface area contributed by atoms with Crippen molar-refractivity contribution in [1.29, 1.82) is 0 Å². The number of hydrogen-bond acceptors (Lipinski definition) is 1. The molecule has 0 saturated heterocycles. The maximum absolute atomic E-state index is 5.31. The normalized spacial score (nSPS) is 14.5. The van der Waals surface area contributed by atoms with Crippen LogP contribution in [0.3, 0.4) is 0 Å². The van der Waals surface area contributed by atoms with Crippen LogP contribution >= 0.6 is 28.1 Å². The highest BCUT2D eigenvalue weighted by Crippen LogP contribution is 2.30. The van der Waals surface area contributed by atoms with Gasteiger partial charge in [-0.1, -0.05) is 40.2 Å². The molecule has 1 saturated carbocycles. The average Bonchev–Trinajstić information content (AvgIpc) is 3.17. The molecule has 2 aromatic rings. The molecule has 0 heterocycles. The fraction of sp³-hybridized carbons (Fsp3) is 0.214. The molecule has 1 aliphatic rings. The fourth-order valence-electron chi connectivity index (χ4n) is 1.94. The summed E-state index contributed by atoms with van der Waals surface area (Å²) in [7, 11) is 0. The molecule has 4 heteroatoms. The van der Waals surface area contributed by atoms with Crippen LogP contribution in [0, 0.1) is 0 Å². The van der Waals surface area contributed by atoms with Crippen molar-refractivity contribution in [2.75, 3.05) is 5.32 Å². The number of benzene rings is 2. The Morgan fingerprint density at radius 2 is 1.83 bits per heavy atom. The zero-order valence-electron chi connectivity index (χ0n) is 9.74. The second-order valence-electron chi connectivity index (χ2n) is 4.51. The molecule has 2 nitrogen and oxygen atoms in total. The molecule has 0 aliphatic heterocycles. The number of fused-ring (bicyclic) bond motifs is 1. The number of nitrogens with one attached hydrogen (secondary N) is 2. The quantitative estimate of drug-likeness (QED) is 0.816. The van der Waals surface area contributed by atoms with Crippen molar-refractivity contribution in [2.24, 2.45) is 0 Å². The van der Waals surface area contributed by atoms with Crippen LogP contribution in [0.1, 0.15) is 12.8 Å². The molecule has 0 atom stereocenters. The van der Waals surface area contributed by atoms with Crippen LogP contribution < -0.4 is 10.6 Å². The Morgan fingerprint density at radius 1 is 1.11 bits per heavy atom. The van der Waals surface area contributed by atoms with E-state index in [0.717, 1.165) is 10.2 Å². The summed E-state index contributed by atoms with van der Waals surface area (Å²) < 4.78 is 1.10. The summed E-state index contributed by atoms with van der Waals surface area (Å²) in [5.41, 5.74) is 1.05. The summed E-state index contributed by atoms with van der Waals surface area (Å²) in [5.74, 6) is 0. The molecule has 0 amide bonds. The van der Waals surface area contributed by atoms with E-state index in [0.29, 0.717) is 11.2 Å². The first-order valence-electron chi connectivity index (χ1n) is 5.99. The minimum Gasteiger partial charge on any atom is -0.360 e. The van der Waals surface area contributed by atoms with Crippen LogP contribution in [-0.2, 0) is 0 Å². The smallest absolute Gasteiger partial charge is 0.171 e. The summed E-state index contributed by atoms with van der Waals surface area (Å²) in [5, 5.41) is 9.65. The molecule has 1 aliphatic carbocycles. The maximum atomic E-state index is 5.31. The van der Waals surface area contributed by atoms with Crippen LogP contribution in [0.25, 0.3) is 10.8 Å². The van der Waals surface area contributed by atoms with Crippen LogP contribution in [0.4, 0.5) is 5.69 Å². The van der Waals surface area contributed by atoms with Gasteiger partial charge < -0.3 is 10.6 Å². The second-order valence-corrected chi connectivity index (χ2v) is 5.78. The number of thiocarbonyl (C=S) groups is 1. The van der Waals surface area contributed by atoms with Crippen molar-refractivity contribution >= 4 is 49.7 Å². The van der Waals surface area contributed by atoms with Gasteiger partial charge in [-0.05, 0) is 42.6 Å². The van der Waals surface area contributed by atoms with Gasteiger partial charge in [0, 0.05) is 21.6 Å². The van der Waals surface area contributed by atoms with E-state index in [1.165, 1.54) is 23.6 Å². The number of anilines is 1. The Morgan fingerprint density at radius 3 is 2.56 bits per heavy atom. The molecule has 0 aromatic heterocycles. The summed E-state index contributed by atoms with van der Waals surface area (Å²) in [6, 6.07) is 12.9. The van der Waals surface area contributed by atoms with Gasteiger partial charge >= 0.3 is 0 Å². The third kappa shape index (κ3) is 2.49. The van der Waals surface area contributed by atoms with Crippen molar-refractivity contribution in [3.05, 3.63) is 40.9 Å². The Labute approximate surface area is 120 Å². The second kappa shape index (κ2) is 4.86. The standard InChI is InChI=1S/C14H13BrN2S/c15-12-7-8-13(11-4-2-1-3-10(11)12)17-14(18)16-9-5-6-9/h1-4,7-9H,5-6H2,(H2,16,17,18). The summed E-state index contributed by atoms with van der Waals surface area (Å²) >= 11 is 8.89. The van der Waals surface area contributed by atoms with Crippen molar-refractivity contribution in [3.63, 3.8) is 0 Å². The fourth-order valence-corrected chi connectivity index (χ4v) is 2.70. The van der Waals surface area contributed by atoms with Gasteiger partial charge in [0.25, 0.3) is 0 Å². The molecule has 3 rings (SSSR count). The molecular weight excluding hydrogens is 308 g/mol. The van der Waals surface area contributed by atoms with E-state index in [9.17, 15) is 0 Å². The highest BCUT2D eigenvalue weighted by Gasteiger charge is 2.21. The van der Waals surface area contributed by atoms with E-state index < -0.39 is 0 Å². The first kappa shape index (κ1) is 11.9. The molecule has 18 heavy (non-hydrogen) atoms. The lowest BCUT2D eigenvalue weighted by Crippen LogP contribution is -2.30. The van der Waals surface area contributed by atoms with Gasteiger partial charge in [-0.2, -0.15) is 0 Å². The van der Waals surface area contributed by atoms with E-state index in [1.54, 1.807) is 0 Å². The van der Waals surface area contributed by atoms with Gasteiger partial charge in [-0.3, -0.25) is 0 Å². The van der Waals surface area contributed by atoms with Gasteiger partial charge in [-0.15, -0.1) is 0 Å². The predicted molar refractivity (Wildman–Crippen MR) is 84.0 cm³/mol. The van der Waals surface area contributed by atoms with E-state index in [-0.39, 0.29) is 0 Å². The third-order valence-corrected chi connectivity index (χ3v) is 3.94. The van der Waals surface area contributed by atoms with E-state index in [1.807, 2.05) is 24.3 Å². The highest BCUT2D eigenvalue weighted by molar-refractivity contribution is 9.10. The summed E-state index contributed by atoms with van der Waals surface area (Å²) in [6.45, 7) is 0. The largest absolute Gasteiger partial charge is 0.360 e. The Bertz CT molecular complexity index is 608. The summed E-state index contributed by atoms with van der Waals surface area (Å²) in [4.78, 5) is 0. The monoisotopic (exact) mass is 320 g/mol. The maximum Gasteiger partial charge on any atom is 0.171 e. The minimum absolute atomic E-state index is 0.576. The van der Waals surface area contributed by atoms with E-state index in [4.69, 9.17) is 12.2 Å². The molecule has 92 valence electrons. The molecule has 2 N–H and O–H groups in total. The predicted octanol–water partition coefficient (Wildman–Crippen LogP) is 4.05. The molecule has 0 bridgehead atoms. The van der Waals surface area contributed by atoms with Crippen LogP contribution in [0.2, 0.25) is 0 Å². The highest BCUT2D eigenvalue weighted by atomic mass is 79.9. The van der Waals surface area contributed by atoms with Gasteiger partial charge in [0.1, 0.15) is 0 Å². The Hall–Kier alpha value is -1.13. The Kier molecular flexibility index (Phi) is 3.22. The number of hydrogen-bond donors (Lipinski definition) is 2. The molecule has 2 aromatic carbocycles. The molecule has 0 radical (unpaired) electrons. The van der Waals surface area contributed by atoms with Crippen molar-refractivity contribution in [3.8, 4) is 0 Å². The minimum atomic E-state index is 0.576. The van der Waals surface area contributed by atoms with E-state index in [2.05, 4.69) is 38.7 Å². The first-order chi connectivity index (χ1) is 8.74. The van der Waals surface area contributed by atoms with E-state index >= 15 is 0 Å². The number of rotatable bonds is 2. The average molecular weight is 321 g/mol.